The van der Waals surface area contributed by atoms with Crippen molar-refractivity contribution in [1.29, 1.82) is 0 Å². The second kappa shape index (κ2) is 7.08. The molecule has 24 heavy (non-hydrogen) atoms. The van der Waals surface area contributed by atoms with Gasteiger partial charge in [-0.1, -0.05) is 0 Å². The molecule has 2 aromatic carbocycles. The number of fused-ring (bicyclic) bond motifs is 1. The van der Waals surface area contributed by atoms with Gasteiger partial charge < -0.3 is 18.9 Å². The average Bonchev–Trinajstić information content (AvgIpc) is 2.65. The zero-order valence-electron chi connectivity index (χ0n) is 13.6. The van der Waals surface area contributed by atoms with Crippen molar-refractivity contribution in [1.82, 2.24) is 0 Å². The highest BCUT2D eigenvalue weighted by Gasteiger charge is 2.14. The molecule has 0 radical (unpaired) electrons. The number of ether oxygens (including phenoxy) is 4. The van der Waals surface area contributed by atoms with Crippen molar-refractivity contribution < 1.29 is 23.7 Å². The zero-order chi connectivity index (χ0) is 16.9. The molecule has 5 nitrogen and oxygen atoms in total. The molecule has 0 N–H and O–H groups in total. The summed E-state index contributed by atoms with van der Waals surface area (Å²) in [5, 5.41) is 0. The van der Waals surface area contributed by atoms with E-state index in [0.717, 1.165) is 5.56 Å². The molecule has 0 aromatic heterocycles. The summed E-state index contributed by atoms with van der Waals surface area (Å²) in [5.41, 5.74) is 1.34. The van der Waals surface area contributed by atoms with Gasteiger partial charge in [-0.25, -0.2) is 0 Å². The lowest BCUT2D eigenvalue weighted by molar-refractivity contribution is 0.104. The topological polar surface area (TPSA) is 54.0 Å². The van der Waals surface area contributed by atoms with Crippen LogP contribution in [0.5, 0.6) is 23.0 Å². The maximum atomic E-state index is 12.4. The van der Waals surface area contributed by atoms with Gasteiger partial charge in [0.05, 0.1) is 14.2 Å². The fraction of sp³-hybridized carbons (Fsp3) is 0.211. The minimum absolute atomic E-state index is 0.121. The van der Waals surface area contributed by atoms with E-state index in [0.29, 0.717) is 41.8 Å². The Hall–Kier alpha value is -2.95. The molecule has 1 aliphatic heterocycles. The van der Waals surface area contributed by atoms with Gasteiger partial charge in [0.25, 0.3) is 0 Å². The molecule has 0 saturated carbocycles. The fourth-order valence-electron chi connectivity index (χ4n) is 2.41. The van der Waals surface area contributed by atoms with Gasteiger partial charge >= 0.3 is 0 Å². The molecule has 0 saturated heterocycles. The first-order valence-corrected chi connectivity index (χ1v) is 7.55. The number of ketones is 1. The molecule has 124 valence electrons. The van der Waals surface area contributed by atoms with Gasteiger partial charge in [0.1, 0.15) is 24.7 Å². The lowest BCUT2D eigenvalue weighted by Crippen LogP contribution is -2.15. The normalized spacial score (nSPS) is 12.9. The SMILES string of the molecule is COc1ccc(C=CC(=O)c2ccc3c(c2)OCCO3)c(OC)c1. The monoisotopic (exact) mass is 326 g/mol. The Morgan fingerprint density at radius 3 is 2.54 bits per heavy atom. The summed E-state index contributed by atoms with van der Waals surface area (Å²) in [6, 6.07) is 10.6. The summed E-state index contributed by atoms with van der Waals surface area (Å²) in [6.07, 6.45) is 3.23. The van der Waals surface area contributed by atoms with Crippen LogP contribution in [-0.4, -0.2) is 33.2 Å². The molecule has 0 unspecified atom stereocenters. The molecule has 0 atom stereocenters. The number of hydrogen-bond donors (Lipinski definition) is 0. The van der Waals surface area contributed by atoms with Crippen LogP contribution in [0.3, 0.4) is 0 Å². The van der Waals surface area contributed by atoms with Crippen LogP contribution in [0.2, 0.25) is 0 Å². The Balaban J connectivity index is 1.80. The Morgan fingerprint density at radius 1 is 1.00 bits per heavy atom. The third-order valence-electron chi connectivity index (χ3n) is 3.68. The van der Waals surface area contributed by atoms with E-state index in [4.69, 9.17) is 18.9 Å². The molecule has 0 amide bonds. The van der Waals surface area contributed by atoms with Gasteiger partial charge in [-0.15, -0.1) is 0 Å². The number of carbonyl (C=O) groups excluding carboxylic acids is 1. The van der Waals surface area contributed by atoms with Gasteiger partial charge in [-0.05, 0) is 42.5 Å². The molecule has 1 aliphatic rings. The molecule has 0 fully saturated rings. The molecule has 1 heterocycles. The van der Waals surface area contributed by atoms with Crippen molar-refractivity contribution in [3.8, 4) is 23.0 Å². The molecular formula is C19H18O5. The fourth-order valence-corrected chi connectivity index (χ4v) is 2.41. The molecule has 0 bridgehead atoms. The number of methoxy groups -OCH3 is 2. The molecule has 0 aliphatic carbocycles. The van der Waals surface area contributed by atoms with Gasteiger partial charge in [0, 0.05) is 17.2 Å². The Morgan fingerprint density at radius 2 is 1.79 bits per heavy atom. The maximum absolute atomic E-state index is 12.4. The summed E-state index contributed by atoms with van der Waals surface area (Å²) >= 11 is 0. The van der Waals surface area contributed by atoms with Crippen LogP contribution in [0.15, 0.2) is 42.5 Å². The number of allylic oxidation sites excluding steroid dienone is 1. The van der Waals surface area contributed by atoms with Gasteiger partial charge in [0.2, 0.25) is 0 Å². The summed E-state index contributed by atoms with van der Waals surface area (Å²) in [4.78, 5) is 12.4. The first kappa shape index (κ1) is 15.9. The highest BCUT2D eigenvalue weighted by atomic mass is 16.6. The predicted molar refractivity (Wildman–Crippen MR) is 90.3 cm³/mol. The lowest BCUT2D eigenvalue weighted by Gasteiger charge is -2.18. The van der Waals surface area contributed by atoms with E-state index in [1.807, 2.05) is 12.1 Å². The summed E-state index contributed by atoms with van der Waals surface area (Å²) in [5.74, 6) is 2.48. The summed E-state index contributed by atoms with van der Waals surface area (Å²) in [6.45, 7) is 1.01. The van der Waals surface area contributed by atoms with E-state index in [-0.39, 0.29) is 5.78 Å². The molecule has 3 rings (SSSR count). The van der Waals surface area contributed by atoms with E-state index in [9.17, 15) is 4.79 Å². The first-order chi connectivity index (χ1) is 11.7. The number of hydrogen-bond acceptors (Lipinski definition) is 5. The second-order valence-corrected chi connectivity index (χ2v) is 5.16. The van der Waals surface area contributed by atoms with Crippen molar-refractivity contribution >= 4 is 11.9 Å². The van der Waals surface area contributed by atoms with Crippen LogP contribution >= 0.6 is 0 Å². The van der Waals surface area contributed by atoms with Crippen molar-refractivity contribution in [2.45, 2.75) is 0 Å². The van der Waals surface area contributed by atoms with Crippen LogP contribution in [0.25, 0.3) is 6.08 Å². The average molecular weight is 326 g/mol. The molecular weight excluding hydrogens is 308 g/mol. The van der Waals surface area contributed by atoms with Crippen molar-refractivity contribution in [3.63, 3.8) is 0 Å². The molecule has 0 spiro atoms. The predicted octanol–water partition coefficient (Wildman–Crippen LogP) is 3.37. The number of benzene rings is 2. The van der Waals surface area contributed by atoms with Crippen LogP contribution in [0.1, 0.15) is 15.9 Å². The van der Waals surface area contributed by atoms with Gasteiger partial charge in [-0.3, -0.25) is 4.79 Å². The number of rotatable bonds is 5. The first-order valence-electron chi connectivity index (χ1n) is 7.55. The van der Waals surface area contributed by atoms with Crippen molar-refractivity contribution in [2.24, 2.45) is 0 Å². The summed E-state index contributed by atoms with van der Waals surface area (Å²) < 4.78 is 21.4. The van der Waals surface area contributed by atoms with Crippen molar-refractivity contribution in [2.75, 3.05) is 27.4 Å². The van der Waals surface area contributed by atoms with Crippen molar-refractivity contribution in [3.05, 3.63) is 53.6 Å². The number of carbonyl (C=O) groups is 1. The van der Waals surface area contributed by atoms with Crippen LogP contribution in [-0.2, 0) is 0 Å². The van der Waals surface area contributed by atoms with E-state index in [2.05, 4.69) is 0 Å². The van der Waals surface area contributed by atoms with Crippen LogP contribution in [0, 0.1) is 0 Å². The Kier molecular flexibility index (Phi) is 4.70. The Bertz CT molecular complexity index is 779. The van der Waals surface area contributed by atoms with Crippen LogP contribution < -0.4 is 18.9 Å². The third-order valence-corrected chi connectivity index (χ3v) is 3.68. The standard InChI is InChI=1S/C19H18O5/c1-21-15-6-3-13(18(12-15)22-2)4-7-16(20)14-5-8-17-19(11-14)24-10-9-23-17/h3-8,11-12H,9-10H2,1-2H3. The lowest BCUT2D eigenvalue weighted by atomic mass is 10.1. The largest absolute Gasteiger partial charge is 0.497 e. The maximum Gasteiger partial charge on any atom is 0.185 e. The Labute approximate surface area is 140 Å². The smallest absolute Gasteiger partial charge is 0.185 e. The third kappa shape index (κ3) is 3.35. The quantitative estimate of drug-likeness (QED) is 0.623. The minimum atomic E-state index is -0.121. The zero-order valence-corrected chi connectivity index (χ0v) is 13.6. The van der Waals surface area contributed by atoms with E-state index < -0.39 is 0 Å². The highest BCUT2D eigenvalue weighted by molar-refractivity contribution is 6.07. The van der Waals surface area contributed by atoms with E-state index >= 15 is 0 Å². The molecule has 5 heteroatoms. The molecule has 2 aromatic rings. The van der Waals surface area contributed by atoms with E-state index in [1.165, 1.54) is 6.08 Å². The van der Waals surface area contributed by atoms with Crippen LogP contribution in [0.4, 0.5) is 0 Å². The minimum Gasteiger partial charge on any atom is -0.497 e. The summed E-state index contributed by atoms with van der Waals surface area (Å²) in [7, 11) is 3.17. The second-order valence-electron chi connectivity index (χ2n) is 5.16. The van der Waals surface area contributed by atoms with Gasteiger partial charge in [0.15, 0.2) is 17.3 Å². The van der Waals surface area contributed by atoms with Gasteiger partial charge in [-0.2, -0.15) is 0 Å². The van der Waals surface area contributed by atoms with E-state index in [1.54, 1.807) is 44.6 Å². The highest BCUT2D eigenvalue weighted by Crippen LogP contribution is 2.31.